The van der Waals surface area contributed by atoms with Crippen molar-refractivity contribution in [2.45, 2.75) is 58.5 Å². The van der Waals surface area contributed by atoms with Crippen LogP contribution in [0.5, 0.6) is 0 Å². The molecule has 3 unspecified atom stereocenters. The lowest BCUT2D eigenvalue weighted by Crippen LogP contribution is -2.63. The van der Waals surface area contributed by atoms with Crippen molar-refractivity contribution in [2.24, 2.45) is 5.92 Å². The third kappa shape index (κ3) is 3.57. The summed E-state index contributed by atoms with van der Waals surface area (Å²) in [5.74, 6) is 0.662. The van der Waals surface area contributed by atoms with Gasteiger partial charge in [0.25, 0.3) is 0 Å². The highest BCUT2D eigenvalue weighted by Gasteiger charge is 2.40. The van der Waals surface area contributed by atoms with Crippen molar-refractivity contribution in [3.8, 4) is 0 Å². The molecule has 2 heterocycles. The molecule has 21 heavy (non-hydrogen) atoms. The summed E-state index contributed by atoms with van der Waals surface area (Å²) in [5, 5.41) is 2.90. The zero-order valence-electron chi connectivity index (χ0n) is 13.6. The zero-order valence-corrected chi connectivity index (χ0v) is 13.6. The summed E-state index contributed by atoms with van der Waals surface area (Å²) >= 11 is 0. The number of nitrogens with one attached hydrogen (secondary N) is 1. The number of likely N-dealkylation sites (tertiary alicyclic amines) is 1. The zero-order chi connectivity index (χ0) is 15.4. The monoisotopic (exact) mass is 295 g/mol. The fourth-order valence-electron chi connectivity index (χ4n) is 3.56. The Kier molecular flexibility index (Phi) is 5.62. The van der Waals surface area contributed by atoms with E-state index in [1.807, 2.05) is 18.7 Å². The van der Waals surface area contributed by atoms with E-state index in [-0.39, 0.29) is 23.9 Å². The molecule has 2 fully saturated rings. The van der Waals surface area contributed by atoms with Crippen LogP contribution >= 0.6 is 0 Å². The van der Waals surface area contributed by atoms with Gasteiger partial charge in [0.15, 0.2) is 0 Å². The Hall–Kier alpha value is -1.10. The van der Waals surface area contributed by atoms with Gasteiger partial charge in [0, 0.05) is 13.1 Å². The van der Waals surface area contributed by atoms with Crippen LogP contribution in [0.2, 0.25) is 0 Å². The molecule has 0 aromatic heterocycles. The van der Waals surface area contributed by atoms with E-state index in [0.29, 0.717) is 12.3 Å². The minimum atomic E-state index is -0.311. The predicted octanol–water partition coefficient (Wildman–Crippen LogP) is 1.23. The van der Waals surface area contributed by atoms with Gasteiger partial charge in [-0.3, -0.25) is 9.59 Å². The van der Waals surface area contributed by atoms with Crippen LogP contribution in [0.3, 0.4) is 0 Å². The molecule has 120 valence electrons. The number of carbonyl (C=O) groups excluding carboxylic acids is 2. The van der Waals surface area contributed by atoms with Crippen LogP contribution in [-0.4, -0.2) is 59.9 Å². The number of amides is 2. The van der Waals surface area contributed by atoms with Crippen molar-refractivity contribution in [3.63, 3.8) is 0 Å². The first-order valence-electron chi connectivity index (χ1n) is 8.43. The molecule has 2 aliphatic rings. The lowest BCUT2D eigenvalue weighted by atomic mass is 9.99. The number of carbonyl (C=O) groups is 2. The smallest absolute Gasteiger partial charge is 0.245 e. The Morgan fingerprint density at radius 1 is 1.24 bits per heavy atom. The Labute approximate surface area is 128 Å². The molecule has 0 bridgehead atoms. The maximum absolute atomic E-state index is 12.7. The van der Waals surface area contributed by atoms with E-state index in [9.17, 15) is 9.59 Å². The molecule has 2 amide bonds. The van der Waals surface area contributed by atoms with E-state index in [0.717, 1.165) is 45.4 Å². The van der Waals surface area contributed by atoms with Gasteiger partial charge in [0.2, 0.25) is 11.8 Å². The first-order valence-corrected chi connectivity index (χ1v) is 8.43. The van der Waals surface area contributed by atoms with Gasteiger partial charge in [-0.05, 0) is 38.3 Å². The second-order valence-electron chi connectivity index (χ2n) is 6.31. The van der Waals surface area contributed by atoms with Crippen molar-refractivity contribution in [1.29, 1.82) is 0 Å². The number of rotatable bonds is 6. The summed E-state index contributed by atoms with van der Waals surface area (Å²) in [5.41, 5.74) is 0. The Bertz CT molecular complexity index is 386. The van der Waals surface area contributed by atoms with E-state index in [2.05, 4.69) is 17.1 Å². The quantitative estimate of drug-likeness (QED) is 0.802. The molecule has 0 aromatic carbocycles. The molecule has 5 nitrogen and oxygen atoms in total. The average Bonchev–Trinajstić information content (AvgIpc) is 2.92. The molecular weight excluding hydrogens is 266 g/mol. The Morgan fingerprint density at radius 3 is 2.57 bits per heavy atom. The van der Waals surface area contributed by atoms with Gasteiger partial charge in [-0.25, -0.2) is 0 Å². The van der Waals surface area contributed by atoms with E-state index in [1.165, 1.54) is 0 Å². The van der Waals surface area contributed by atoms with Crippen LogP contribution in [0.1, 0.15) is 46.5 Å². The van der Waals surface area contributed by atoms with E-state index in [1.54, 1.807) is 0 Å². The van der Waals surface area contributed by atoms with Gasteiger partial charge in [0.1, 0.15) is 12.1 Å². The van der Waals surface area contributed by atoms with Gasteiger partial charge < -0.3 is 15.1 Å². The molecule has 2 aliphatic heterocycles. The average molecular weight is 295 g/mol. The minimum absolute atomic E-state index is 0.0286. The van der Waals surface area contributed by atoms with Crippen LogP contribution in [-0.2, 0) is 9.59 Å². The van der Waals surface area contributed by atoms with Crippen molar-refractivity contribution in [3.05, 3.63) is 0 Å². The lowest BCUT2D eigenvalue weighted by Gasteiger charge is -2.40. The molecule has 1 N–H and O–H groups in total. The van der Waals surface area contributed by atoms with Crippen molar-refractivity contribution in [2.75, 3.05) is 26.2 Å². The van der Waals surface area contributed by atoms with Crippen LogP contribution < -0.4 is 5.32 Å². The summed E-state index contributed by atoms with van der Waals surface area (Å²) < 4.78 is 0. The predicted molar refractivity (Wildman–Crippen MR) is 82.9 cm³/mol. The molecule has 0 saturated carbocycles. The number of hydrogen-bond acceptors (Lipinski definition) is 3. The number of piperazine rings is 1. The summed E-state index contributed by atoms with van der Waals surface area (Å²) in [6.45, 7) is 10.2. The normalized spacial score (nSPS) is 30.8. The molecule has 0 radical (unpaired) electrons. The topological polar surface area (TPSA) is 52.7 Å². The van der Waals surface area contributed by atoms with Gasteiger partial charge in [0.05, 0.1) is 0 Å². The molecule has 3 atom stereocenters. The van der Waals surface area contributed by atoms with E-state index < -0.39 is 0 Å². The largest absolute Gasteiger partial charge is 0.343 e. The molecule has 0 spiro atoms. The van der Waals surface area contributed by atoms with Crippen molar-refractivity contribution < 1.29 is 9.59 Å². The lowest BCUT2D eigenvalue weighted by molar-refractivity contribution is -0.150. The van der Waals surface area contributed by atoms with Crippen molar-refractivity contribution in [1.82, 2.24) is 15.1 Å². The summed E-state index contributed by atoms with van der Waals surface area (Å²) in [6.07, 6.45) is 3.48. The van der Waals surface area contributed by atoms with Crippen molar-refractivity contribution >= 4 is 11.8 Å². The van der Waals surface area contributed by atoms with E-state index >= 15 is 0 Å². The highest BCUT2D eigenvalue weighted by Crippen LogP contribution is 2.22. The van der Waals surface area contributed by atoms with Gasteiger partial charge in [-0.15, -0.1) is 0 Å². The van der Waals surface area contributed by atoms with Crippen LogP contribution in [0.4, 0.5) is 0 Å². The fourth-order valence-corrected chi connectivity index (χ4v) is 3.56. The summed E-state index contributed by atoms with van der Waals surface area (Å²) in [6, 6.07) is -0.588. The molecule has 2 rings (SSSR count). The molecule has 0 aliphatic carbocycles. The van der Waals surface area contributed by atoms with Crippen LogP contribution in [0.15, 0.2) is 0 Å². The van der Waals surface area contributed by atoms with E-state index in [4.69, 9.17) is 0 Å². The Balaban J connectivity index is 2.05. The number of hydrogen-bond donors (Lipinski definition) is 1. The SMILES string of the molecule is CCCC1NC(=O)C(CC)N(CC2CCN(CC)C2)C1=O. The summed E-state index contributed by atoms with van der Waals surface area (Å²) in [4.78, 5) is 29.2. The van der Waals surface area contributed by atoms with Crippen LogP contribution in [0.25, 0.3) is 0 Å². The maximum Gasteiger partial charge on any atom is 0.245 e. The second-order valence-corrected chi connectivity index (χ2v) is 6.31. The fraction of sp³-hybridized carbons (Fsp3) is 0.875. The third-order valence-electron chi connectivity index (χ3n) is 4.81. The van der Waals surface area contributed by atoms with Gasteiger partial charge >= 0.3 is 0 Å². The minimum Gasteiger partial charge on any atom is -0.343 e. The van der Waals surface area contributed by atoms with Gasteiger partial charge in [-0.1, -0.05) is 27.2 Å². The first kappa shape index (κ1) is 16.3. The molecule has 2 saturated heterocycles. The number of nitrogens with zero attached hydrogens (tertiary/aromatic N) is 2. The van der Waals surface area contributed by atoms with Crippen LogP contribution in [0, 0.1) is 5.92 Å². The molecular formula is C16H29N3O2. The highest BCUT2D eigenvalue weighted by molar-refractivity contribution is 5.96. The Morgan fingerprint density at radius 2 is 2.00 bits per heavy atom. The highest BCUT2D eigenvalue weighted by atomic mass is 16.2. The maximum atomic E-state index is 12.7. The first-order chi connectivity index (χ1) is 10.1. The molecule has 5 heteroatoms. The molecule has 0 aromatic rings. The second kappa shape index (κ2) is 7.25. The standard InChI is InChI=1S/C16H29N3O2/c1-4-7-13-16(21)19(14(5-2)15(20)17-13)11-12-8-9-18(6-3)10-12/h12-14H,4-11H2,1-3H3,(H,17,20). The summed E-state index contributed by atoms with van der Waals surface area (Å²) in [7, 11) is 0. The third-order valence-corrected chi connectivity index (χ3v) is 4.81. The van der Waals surface area contributed by atoms with Gasteiger partial charge in [-0.2, -0.15) is 0 Å².